The lowest BCUT2D eigenvalue weighted by atomic mass is 10.1. The van der Waals surface area contributed by atoms with Gasteiger partial charge < -0.3 is 0 Å². The molecule has 0 aliphatic rings. The van der Waals surface area contributed by atoms with E-state index in [1.54, 1.807) is 0 Å². The maximum absolute atomic E-state index is 2.29. The summed E-state index contributed by atoms with van der Waals surface area (Å²) in [6.07, 6.45) is 18.9. The first-order chi connectivity index (χ1) is 7.41. The van der Waals surface area contributed by atoms with Gasteiger partial charge in [-0.05, 0) is 0 Å². The van der Waals surface area contributed by atoms with Crippen molar-refractivity contribution in [1.82, 2.24) is 0 Å². The third-order valence-electron chi connectivity index (χ3n) is 3.21. The molecule has 0 heterocycles. The van der Waals surface area contributed by atoms with E-state index < -0.39 is 0 Å². The van der Waals surface area contributed by atoms with Crippen LogP contribution in [-0.4, -0.2) is 0 Å². The van der Waals surface area contributed by atoms with Crippen molar-refractivity contribution in [2.75, 3.05) is 0 Å². The van der Waals surface area contributed by atoms with Gasteiger partial charge in [0.25, 0.3) is 0 Å². The number of hydrogen-bond donors (Lipinski definition) is 0. The standard InChI is InChI=1S/C15H32.BrH/c1-3-5-7-9-11-13-15-14-12-10-8-6-4-2;/h3-15H2,1-2H3;1H. The Morgan fingerprint density at radius 3 is 0.750 bits per heavy atom. The molecule has 0 N–H and O–H groups in total. The highest BCUT2D eigenvalue weighted by atomic mass is 79.9. The molecular formula is C15H33Br. The van der Waals surface area contributed by atoms with Crippen LogP contribution in [0.1, 0.15) is 97.3 Å². The lowest BCUT2D eigenvalue weighted by Crippen LogP contribution is -1.82. The molecule has 0 amide bonds. The lowest BCUT2D eigenvalue weighted by Gasteiger charge is -2.01. The number of rotatable bonds is 12. The number of hydrogen-bond acceptors (Lipinski definition) is 0. The molecule has 0 atom stereocenters. The van der Waals surface area contributed by atoms with Crippen LogP contribution >= 0.6 is 17.0 Å². The molecule has 0 aliphatic heterocycles. The molecule has 0 rings (SSSR count). The average Bonchev–Trinajstić information content (AvgIpc) is 2.26. The maximum atomic E-state index is 2.29. The minimum atomic E-state index is 0. The summed E-state index contributed by atoms with van der Waals surface area (Å²) in [5.74, 6) is 0. The summed E-state index contributed by atoms with van der Waals surface area (Å²) in [4.78, 5) is 0. The van der Waals surface area contributed by atoms with Crippen LogP contribution in [0.4, 0.5) is 0 Å². The summed E-state index contributed by atoms with van der Waals surface area (Å²) in [5.41, 5.74) is 0. The predicted molar refractivity (Wildman–Crippen MR) is 81.7 cm³/mol. The van der Waals surface area contributed by atoms with Gasteiger partial charge in [-0.2, -0.15) is 0 Å². The Labute approximate surface area is 114 Å². The molecule has 0 bridgehead atoms. The minimum Gasteiger partial charge on any atom is -0.114 e. The lowest BCUT2D eigenvalue weighted by molar-refractivity contribution is 0.542. The van der Waals surface area contributed by atoms with Gasteiger partial charge in [-0.1, -0.05) is 97.3 Å². The summed E-state index contributed by atoms with van der Waals surface area (Å²) in [6.45, 7) is 4.58. The number of halogens is 1. The van der Waals surface area contributed by atoms with E-state index >= 15 is 0 Å². The van der Waals surface area contributed by atoms with Gasteiger partial charge in [0.1, 0.15) is 0 Å². The van der Waals surface area contributed by atoms with E-state index in [1.807, 2.05) is 0 Å². The monoisotopic (exact) mass is 292 g/mol. The largest absolute Gasteiger partial charge is 0.114 e. The van der Waals surface area contributed by atoms with Gasteiger partial charge in [-0.3, -0.25) is 0 Å². The highest BCUT2D eigenvalue weighted by molar-refractivity contribution is 8.93. The molecule has 0 aromatic heterocycles. The fraction of sp³-hybridized carbons (Fsp3) is 1.00. The van der Waals surface area contributed by atoms with Crippen LogP contribution in [0.15, 0.2) is 0 Å². The van der Waals surface area contributed by atoms with E-state index in [0.29, 0.717) is 0 Å². The molecule has 16 heavy (non-hydrogen) atoms. The van der Waals surface area contributed by atoms with E-state index in [2.05, 4.69) is 13.8 Å². The Kier molecular flexibility index (Phi) is 21.0. The van der Waals surface area contributed by atoms with E-state index in [-0.39, 0.29) is 17.0 Å². The molecule has 0 unspecified atom stereocenters. The zero-order valence-electron chi connectivity index (χ0n) is 11.6. The molecule has 0 saturated heterocycles. The van der Waals surface area contributed by atoms with Crippen LogP contribution in [0.25, 0.3) is 0 Å². The van der Waals surface area contributed by atoms with Crippen molar-refractivity contribution < 1.29 is 0 Å². The van der Waals surface area contributed by atoms with E-state index in [9.17, 15) is 0 Å². The molecule has 0 aliphatic carbocycles. The molecule has 100 valence electrons. The molecule has 1 heteroatoms. The number of unbranched alkanes of at least 4 members (excludes halogenated alkanes) is 12. The Morgan fingerprint density at radius 1 is 0.375 bits per heavy atom. The Bertz CT molecular complexity index is 89.6. The SMILES string of the molecule is Br.CCCCCCCCCCCCCCC. The second kappa shape index (κ2) is 17.9. The van der Waals surface area contributed by atoms with Gasteiger partial charge in [0.2, 0.25) is 0 Å². The van der Waals surface area contributed by atoms with Crippen molar-refractivity contribution >= 4 is 17.0 Å². The Hall–Kier alpha value is 0.480. The molecule has 0 aromatic rings. The van der Waals surface area contributed by atoms with Crippen LogP contribution in [0.2, 0.25) is 0 Å². The molecule has 0 spiro atoms. The fourth-order valence-electron chi connectivity index (χ4n) is 2.09. The highest BCUT2D eigenvalue weighted by Crippen LogP contribution is 2.12. The average molecular weight is 293 g/mol. The summed E-state index contributed by atoms with van der Waals surface area (Å²) in [6, 6.07) is 0. The van der Waals surface area contributed by atoms with E-state index in [0.717, 1.165) is 0 Å². The first-order valence-electron chi connectivity index (χ1n) is 7.41. The zero-order chi connectivity index (χ0) is 11.2. The van der Waals surface area contributed by atoms with Crippen LogP contribution in [0.3, 0.4) is 0 Å². The van der Waals surface area contributed by atoms with Gasteiger partial charge in [0.05, 0.1) is 0 Å². The van der Waals surface area contributed by atoms with Crippen molar-refractivity contribution in [3.05, 3.63) is 0 Å². The Balaban J connectivity index is 0. The minimum absolute atomic E-state index is 0. The summed E-state index contributed by atoms with van der Waals surface area (Å²) in [5, 5.41) is 0. The second-order valence-corrected chi connectivity index (χ2v) is 4.89. The van der Waals surface area contributed by atoms with Gasteiger partial charge >= 0.3 is 0 Å². The van der Waals surface area contributed by atoms with Crippen molar-refractivity contribution in [1.29, 1.82) is 0 Å². The quantitative estimate of drug-likeness (QED) is 0.352. The second-order valence-electron chi connectivity index (χ2n) is 4.89. The maximum Gasteiger partial charge on any atom is -0.0533 e. The molecule has 0 aromatic carbocycles. The van der Waals surface area contributed by atoms with Crippen molar-refractivity contribution in [2.24, 2.45) is 0 Å². The molecule has 0 saturated carbocycles. The van der Waals surface area contributed by atoms with Crippen molar-refractivity contribution in [3.8, 4) is 0 Å². The van der Waals surface area contributed by atoms with Crippen molar-refractivity contribution in [3.63, 3.8) is 0 Å². The first-order valence-corrected chi connectivity index (χ1v) is 7.41. The van der Waals surface area contributed by atoms with Gasteiger partial charge in [-0.15, -0.1) is 17.0 Å². The fourth-order valence-corrected chi connectivity index (χ4v) is 2.09. The molecule has 0 fully saturated rings. The van der Waals surface area contributed by atoms with Crippen LogP contribution < -0.4 is 0 Å². The van der Waals surface area contributed by atoms with Crippen LogP contribution in [0.5, 0.6) is 0 Å². The van der Waals surface area contributed by atoms with E-state index in [4.69, 9.17) is 0 Å². The van der Waals surface area contributed by atoms with Gasteiger partial charge in [0.15, 0.2) is 0 Å². The summed E-state index contributed by atoms with van der Waals surface area (Å²) in [7, 11) is 0. The first kappa shape index (κ1) is 18.8. The topological polar surface area (TPSA) is 0 Å². The normalized spacial score (nSPS) is 10.1. The Morgan fingerprint density at radius 2 is 0.562 bits per heavy atom. The predicted octanol–water partition coefficient (Wildman–Crippen LogP) is 6.68. The van der Waals surface area contributed by atoms with E-state index in [1.165, 1.54) is 83.5 Å². The molecule has 0 nitrogen and oxygen atoms in total. The van der Waals surface area contributed by atoms with Crippen molar-refractivity contribution in [2.45, 2.75) is 97.3 Å². The summed E-state index contributed by atoms with van der Waals surface area (Å²) >= 11 is 0. The third kappa shape index (κ3) is 16.9. The van der Waals surface area contributed by atoms with Crippen LogP contribution in [0, 0.1) is 0 Å². The highest BCUT2D eigenvalue weighted by Gasteiger charge is 1.92. The van der Waals surface area contributed by atoms with Gasteiger partial charge in [0, 0.05) is 0 Å². The zero-order valence-corrected chi connectivity index (χ0v) is 13.3. The van der Waals surface area contributed by atoms with Gasteiger partial charge in [-0.25, -0.2) is 0 Å². The molecular weight excluding hydrogens is 260 g/mol. The molecule has 0 radical (unpaired) electrons. The summed E-state index contributed by atoms with van der Waals surface area (Å²) < 4.78 is 0. The van der Waals surface area contributed by atoms with Crippen LogP contribution in [-0.2, 0) is 0 Å². The third-order valence-corrected chi connectivity index (χ3v) is 3.21. The smallest absolute Gasteiger partial charge is 0.0533 e.